The number of hydrogen-bond acceptors (Lipinski definition) is 1. The van der Waals surface area contributed by atoms with Crippen molar-refractivity contribution in [1.29, 1.82) is 0 Å². The Morgan fingerprint density at radius 1 is 1.60 bits per heavy atom. The van der Waals surface area contributed by atoms with Crippen molar-refractivity contribution in [3.63, 3.8) is 0 Å². The van der Waals surface area contributed by atoms with Crippen LogP contribution in [0, 0.1) is 11.7 Å². The number of carbonyl (C=O) groups excluding carboxylic acids is 1. The van der Waals surface area contributed by atoms with Crippen LogP contribution in [-0.4, -0.2) is 17.3 Å². The lowest BCUT2D eigenvalue weighted by molar-refractivity contribution is 0.0866. The highest BCUT2D eigenvalue weighted by molar-refractivity contribution is 9.10. The first kappa shape index (κ1) is 15.8. The second-order valence-electron chi connectivity index (χ2n) is 5.69. The molecule has 2 rings (SSSR count). The van der Waals surface area contributed by atoms with Crippen molar-refractivity contribution < 1.29 is 9.18 Å². The zero-order chi connectivity index (χ0) is 14.8. The van der Waals surface area contributed by atoms with E-state index in [1.165, 1.54) is 12.1 Å². The van der Waals surface area contributed by atoms with Crippen molar-refractivity contribution in [3.8, 4) is 0 Å². The summed E-state index contributed by atoms with van der Waals surface area (Å²) in [7, 11) is 0. The highest BCUT2D eigenvalue weighted by Crippen LogP contribution is 2.33. The van der Waals surface area contributed by atoms with Crippen LogP contribution < -0.4 is 5.32 Å². The van der Waals surface area contributed by atoms with E-state index in [0.29, 0.717) is 21.8 Å². The Morgan fingerprint density at radius 3 is 3.00 bits per heavy atom. The Kier molecular flexibility index (Phi) is 5.08. The van der Waals surface area contributed by atoms with E-state index in [2.05, 4.69) is 28.2 Å². The average molecular weight is 363 g/mol. The molecule has 0 spiro atoms. The van der Waals surface area contributed by atoms with E-state index in [1.807, 2.05) is 0 Å². The van der Waals surface area contributed by atoms with E-state index < -0.39 is 5.82 Å². The standard InChI is InChI=1S/C15H18BrClFNO/c1-10-3-2-6-15(8-10,9-17)19-14(20)12-7-11(18)4-5-13(12)16/h4-5,7,10H,2-3,6,8-9H2,1H3,(H,19,20). The minimum absolute atomic E-state index is 0.272. The highest BCUT2D eigenvalue weighted by atomic mass is 79.9. The smallest absolute Gasteiger partial charge is 0.253 e. The van der Waals surface area contributed by atoms with Crippen LogP contribution in [0.3, 0.4) is 0 Å². The Balaban J connectivity index is 2.19. The van der Waals surface area contributed by atoms with Gasteiger partial charge in [0.15, 0.2) is 0 Å². The predicted molar refractivity (Wildman–Crippen MR) is 82.6 cm³/mol. The van der Waals surface area contributed by atoms with Gasteiger partial charge < -0.3 is 5.32 Å². The first-order valence-electron chi connectivity index (χ1n) is 6.79. The van der Waals surface area contributed by atoms with Gasteiger partial charge in [-0.05, 0) is 52.9 Å². The van der Waals surface area contributed by atoms with Gasteiger partial charge in [0.25, 0.3) is 5.91 Å². The first-order valence-corrected chi connectivity index (χ1v) is 8.12. The largest absolute Gasteiger partial charge is 0.345 e. The van der Waals surface area contributed by atoms with E-state index in [0.717, 1.165) is 25.7 Å². The Bertz CT molecular complexity index is 511. The molecule has 1 aliphatic carbocycles. The van der Waals surface area contributed by atoms with Crippen molar-refractivity contribution in [2.45, 2.75) is 38.1 Å². The van der Waals surface area contributed by atoms with Gasteiger partial charge >= 0.3 is 0 Å². The Hall–Kier alpha value is -0.610. The minimum Gasteiger partial charge on any atom is -0.345 e. The van der Waals surface area contributed by atoms with Crippen LogP contribution in [0.1, 0.15) is 43.0 Å². The second kappa shape index (κ2) is 6.44. The van der Waals surface area contributed by atoms with E-state index in [1.54, 1.807) is 6.07 Å². The Morgan fingerprint density at radius 2 is 2.35 bits per heavy atom. The molecule has 2 nitrogen and oxygen atoms in total. The molecule has 110 valence electrons. The summed E-state index contributed by atoms with van der Waals surface area (Å²) in [6, 6.07) is 4.11. The predicted octanol–water partition coefficient (Wildman–Crippen LogP) is 4.51. The SMILES string of the molecule is CC1CCCC(CCl)(NC(=O)c2cc(F)ccc2Br)C1. The lowest BCUT2D eigenvalue weighted by atomic mass is 9.77. The van der Waals surface area contributed by atoms with E-state index >= 15 is 0 Å². The van der Waals surface area contributed by atoms with Crippen LogP contribution in [0.4, 0.5) is 4.39 Å². The van der Waals surface area contributed by atoms with Gasteiger partial charge in [-0.1, -0.05) is 19.8 Å². The molecule has 1 amide bonds. The van der Waals surface area contributed by atoms with Gasteiger partial charge in [0.2, 0.25) is 0 Å². The van der Waals surface area contributed by atoms with Crippen LogP contribution in [-0.2, 0) is 0 Å². The maximum atomic E-state index is 13.3. The molecule has 0 saturated heterocycles. The molecule has 0 aromatic heterocycles. The summed E-state index contributed by atoms with van der Waals surface area (Å²) in [5.41, 5.74) is -0.0603. The number of halogens is 3. The molecule has 20 heavy (non-hydrogen) atoms. The van der Waals surface area contributed by atoms with Gasteiger partial charge in [-0.3, -0.25) is 4.79 Å². The minimum atomic E-state index is -0.421. The van der Waals surface area contributed by atoms with Crippen molar-refractivity contribution >= 4 is 33.4 Å². The maximum Gasteiger partial charge on any atom is 0.253 e. The van der Waals surface area contributed by atoms with Crippen molar-refractivity contribution in [1.82, 2.24) is 5.32 Å². The molecular formula is C15H18BrClFNO. The topological polar surface area (TPSA) is 29.1 Å². The van der Waals surface area contributed by atoms with E-state index in [4.69, 9.17) is 11.6 Å². The van der Waals surface area contributed by atoms with Gasteiger partial charge in [-0.2, -0.15) is 0 Å². The molecule has 1 fully saturated rings. The first-order chi connectivity index (χ1) is 9.46. The van der Waals surface area contributed by atoms with Crippen LogP contribution in [0.15, 0.2) is 22.7 Å². The van der Waals surface area contributed by atoms with E-state index in [-0.39, 0.29) is 11.4 Å². The zero-order valence-electron chi connectivity index (χ0n) is 11.4. The number of benzene rings is 1. The quantitative estimate of drug-likeness (QED) is 0.788. The molecule has 5 heteroatoms. The molecule has 1 saturated carbocycles. The van der Waals surface area contributed by atoms with Gasteiger partial charge in [-0.25, -0.2) is 4.39 Å². The van der Waals surface area contributed by atoms with Crippen molar-refractivity contribution in [2.24, 2.45) is 5.92 Å². The summed E-state index contributed by atoms with van der Waals surface area (Å²) >= 11 is 9.39. The molecule has 1 aromatic rings. The molecule has 1 aliphatic rings. The summed E-state index contributed by atoms with van der Waals surface area (Å²) in [4.78, 5) is 12.4. The third-order valence-corrected chi connectivity index (χ3v) is 5.10. The normalized spacial score (nSPS) is 26.3. The molecule has 2 unspecified atom stereocenters. The summed E-state index contributed by atoms with van der Waals surface area (Å²) in [6.07, 6.45) is 3.96. The third kappa shape index (κ3) is 3.53. The molecule has 0 bridgehead atoms. The lowest BCUT2D eigenvalue weighted by Crippen LogP contribution is -2.52. The fourth-order valence-electron chi connectivity index (χ4n) is 2.91. The third-order valence-electron chi connectivity index (χ3n) is 3.90. The summed E-state index contributed by atoms with van der Waals surface area (Å²) in [6.45, 7) is 2.17. The molecule has 2 atom stereocenters. The number of amides is 1. The zero-order valence-corrected chi connectivity index (χ0v) is 13.7. The van der Waals surface area contributed by atoms with E-state index in [9.17, 15) is 9.18 Å². The van der Waals surface area contributed by atoms with Gasteiger partial charge in [0.1, 0.15) is 5.82 Å². The lowest BCUT2D eigenvalue weighted by Gasteiger charge is -2.39. The van der Waals surface area contributed by atoms with Crippen LogP contribution in [0.25, 0.3) is 0 Å². The summed E-state index contributed by atoms with van der Waals surface area (Å²) < 4.78 is 13.9. The number of hydrogen-bond donors (Lipinski definition) is 1. The van der Waals surface area contributed by atoms with Gasteiger partial charge in [0.05, 0.1) is 11.1 Å². The molecule has 0 radical (unpaired) electrons. The van der Waals surface area contributed by atoms with Crippen molar-refractivity contribution in [2.75, 3.05) is 5.88 Å². The number of nitrogens with one attached hydrogen (secondary N) is 1. The number of rotatable bonds is 3. The molecular weight excluding hydrogens is 345 g/mol. The summed E-state index contributed by atoms with van der Waals surface area (Å²) in [5, 5.41) is 3.03. The number of carbonyl (C=O) groups is 1. The van der Waals surface area contributed by atoms with Crippen LogP contribution in [0.5, 0.6) is 0 Å². The fraction of sp³-hybridized carbons (Fsp3) is 0.533. The fourth-order valence-corrected chi connectivity index (χ4v) is 3.64. The van der Waals surface area contributed by atoms with Crippen LogP contribution >= 0.6 is 27.5 Å². The molecule has 0 heterocycles. The number of alkyl halides is 1. The maximum absolute atomic E-state index is 13.3. The van der Waals surface area contributed by atoms with Gasteiger partial charge in [0, 0.05) is 10.4 Å². The molecule has 1 aromatic carbocycles. The highest BCUT2D eigenvalue weighted by Gasteiger charge is 2.36. The summed E-state index contributed by atoms with van der Waals surface area (Å²) in [5.74, 6) is 0.232. The van der Waals surface area contributed by atoms with Crippen LogP contribution in [0.2, 0.25) is 0 Å². The van der Waals surface area contributed by atoms with Gasteiger partial charge in [-0.15, -0.1) is 11.6 Å². The molecule has 0 aliphatic heterocycles. The Labute approximate surface area is 132 Å². The van der Waals surface area contributed by atoms with Crippen molar-refractivity contribution in [3.05, 3.63) is 34.1 Å². The second-order valence-corrected chi connectivity index (χ2v) is 6.82. The molecule has 1 N–H and O–H groups in total. The average Bonchev–Trinajstić information content (AvgIpc) is 2.41. The monoisotopic (exact) mass is 361 g/mol.